The summed E-state index contributed by atoms with van der Waals surface area (Å²) in [6.45, 7) is 0.525. The number of methoxy groups -OCH3 is 2. The van der Waals surface area contributed by atoms with Crippen LogP contribution < -0.4 is 14.8 Å². The number of para-hydroxylation sites is 1. The Labute approximate surface area is 198 Å². The molecule has 0 spiro atoms. The van der Waals surface area contributed by atoms with E-state index in [1.165, 1.54) is 0 Å². The third-order valence-electron chi connectivity index (χ3n) is 5.85. The average molecular weight is 463 g/mol. The average Bonchev–Trinajstić information content (AvgIpc) is 3.27. The second kappa shape index (κ2) is 10.5. The topological polar surface area (TPSA) is 63.3 Å². The Morgan fingerprint density at radius 3 is 2.52 bits per heavy atom. The van der Waals surface area contributed by atoms with Crippen molar-refractivity contribution in [1.29, 1.82) is 0 Å². The predicted molar refractivity (Wildman–Crippen MR) is 132 cm³/mol. The van der Waals surface area contributed by atoms with Crippen molar-refractivity contribution in [2.75, 3.05) is 20.8 Å². The summed E-state index contributed by atoms with van der Waals surface area (Å²) >= 11 is 6.54. The Hall–Kier alpha value is -3.44. The Kier molecular flexibility index (Phi) is 7.20. The molecule has 5 nitrogen and oxygen atoms in total. The van der Waals surface area contributed by atoms with Gasteiger partial charge >= 0.3 is 0 Å². The van der Waals surface area contributed by atoms with E-state index in [0.717, 1.165) is 27.6 Å². The zero-order valence-electron chi connectivity index (χ0n) is 18.7. The van der Waals surface area contributed by atoms with Gasteiger partial charge in [-0.3, -0.25) is 4.79 Å². The molecular formula is C27H27ClN2O3. The molecule has 1 atom stereocenters. The number of fused-ring (bicyclic) bond motifs is 1. The van der Waals surface area contributed by atoms with Crippen molar-refractivity contribution in [3.63, 3.8) is 0 Å². The van der Waals surface area contributed by atoms with E-state index >= 15 is 0 Å². The quantitative estimate of drug-likeness (QED) is 0.334. The summed E-state index contributed by atoms with van der Waals surface area (Å²) in [4.78, 5) is 16.3. The minimum Gasteiger partial charge on any atom is -0.493 e. The van der Waals surface area contributed by atoms with Crippen molar-refractivity contribution in [3.05, 3.63) is 94.6 Å². The van der Waals surface area contributed by atoms with Crippen LogP contribution in [0.1, 0.15) is 29.0 Å². The van der Waals surface area contributed by atoms with Crippen LogP contribution in [0.5, 0.6) is 11.5 Å². The molecular weight excluding hydrogens is 436 g/mol. The minimum absolute atomic E-state index is 0.0225. The highest BCUT2D eigenvalue weighted by Gasteiger charge is 2.23. The van der Waals surface area contributed by atoms with Gasteiger partial charge in [0.15, 0.2) is 11.5 Å². The van der Waals surface area contributed by atoms with E-state index in [-0.39, 0.29) is 11.8 Å². The number of hydrogen-bond acceptors (Lipinski definition) is 3. The first kappa shape index (κ1) is 22.7. The van der Waals surface area contributed by atoms with Crippen LogP contribution in [-0.2, 0) is 11.2 Å². The lowest BCUT2D eigenvalue weighted by Crippen LogP contribution is -2.27. The summed E-state index contributed by atoms with van der Waals surface area (Å²) in [6, 6.07) is 21.6. The number of nitrogens with one attached hydrogen (secondary N) is 2. The van der Waals surface area contributed by atoms with Gasteiger partial charge in [0.05, 0.1) is 14.2 Å². The molecule has 2 N–H and O–H groups in total. The number of amides is 1. The van der Waals surface area contributed by atoms with Crippen LogP contribution in [-0.4, -0.2) is 31.7 Å². The van der Waals surface area contributed by atoms with E-state index < -0.39 is 0 Å². The van der Waals surface area contributed by atoms with E-state index in [9.17, 15) is 4.79 Å². The molecule has 4 aromatic rings. The van der Waals surface area contributed by atoms with Gasteiger partial charge in [0.1, 0.15) is 0 Å². The molecule has 0 aliphatic carbocycles. The molecule has 0 bridgehead atoms. The first-order chi connectivity index (χ1) is 16.1. The number of benzene rings is 3. The maximum Gasteiger partial charge on any atom is 0.220 e. The van der Waals surface area contributed by atoms with Crippen LogP contribution >= 0.6 is 11.6 Å². The molecule has 0 aliphatic heterocycles. The van der Waals surface area contributed by atoms with Gasteiger partial charge in [-0.1, -0.05) is 54.1 Å². The van der Waals surface area contributed by atoms with Crippen molar-refractivity contribution in [1.82, 2.24) is 10.3 Å². The van der Waals surface area contributed by atoms with E-state index in [2.05, 4.69) is 16.4 Å². The molecule has 0 aliphatic rings. The molecule has 1 heterocycles. The summed E-state index contributed by atoms with van der Waals surface area (Å²) in [6.07, 6.45) is 2.98. The summed E-state index contributed by atoms with van der Waals surface area (Å²) in [5, 5.41) is 4.82. The van der Waals surface area contributed by atoms with Gasteiger partial charge in [-0.05, 0) is 47.4 Å². The molecule has 0 radical (unpaired) electrons. The van der Waals surface area contributed by atoms with Crippen molar-refractivity contribution in [2.24, 2.45) is 0 Å². The number of carbonyl (C=O) groups is 1. The number of halogens is 1. The first-order valence-electron chi connectivity index (χ1n) is 10.9. The third-order valence-corrected chi connectivity index (χ3v) is 6.19. The zero-order valence-corrected chi connectivity index (χ0v) is 19.5. The van der Waals surface area contributed by atoms with E-state index in [4.69, 9.17) is 21.1 Å². The number of carbonyl (C=O) groups excluding carboxylic acids is 1. The highest BCUT2D eigenvalue weighted by atomic mass is 35.5. The van der Waals surface area contributed by atoms with Crippen molar-refractivity contribution >= 4 is 28.4 Å². The number of aromatic nitrogens is 1. The van der Waals surface area contributed by atoms with Gasteiger partial charge < -0.3 is 19.8 Å². The predicted octanol–water partition coefficient (Wildman–Crippen LogP) is 5.72. The highest BCUT2D eigenvalue weighted by molar-refractivity contribution is 6.31. The Morgan fingerprint density at radius 1 is 0.970 bits per heavy atom. The summed E-state index contributed by atoms with van der Waals surface area (Å²) in [5.41, 5.74) is 4.11. The summed E-state index contributed by atoms with van der Waals surface area (Å²) in [5.74, 6) is 1.19. The number of ether oxygens (including phenoxy) is 2. The largest absolute Gasteiger partial charge is 0.493 e. The van der Waals surface area contributed by atoms with Crippen molar-refractivity contribution < 1.29 is 14.3 Å². The first-order valence-corrected chi connectivity index (χ1v) is 11.3. The standard InChI is InChI=1S/C27H27ClN2O3/c1-32-25-12-11-18(15-26(25)33-2)13-14-29-27(31)16-21(19-7-3-5-9-23(19)28)22-17-30-24-10-6-4-8-20(22)24/h3-12,15,17,21,30H,13-14,16H2,1-2H3,(H,29,31). The molecule has 4 rings (SSSR count). The second-order valence-corrected chi connectivity index (χ2v) is 8.26. The van der Waals surface area contributed by atoms with E-state index in [1.807, 2.05) is 66.9 Å². The number of H-pyrrole nitrogens is 1. The molecule has 3 aromatic carbocycles. The lowest BCUT2D eigenvalue weighted by molar-refractivity contribution is -0.121. The molecule has 1 aromatic heterocycles. The monoisotopic (exact) mass is 462 g/mol. The van der Waals surface area contributed by atoms with Gasteiger partial charge in [0.25, 0.3) is 0 Å². The van der Waals surface area contributed by atoms with Crippen molar-refractivity contribution in [3.8, 4) is 11.5 Å². The van der Waals surface area contributed by atoms with Crippen LogP contribution in [0.25, 0.3) is 10.9 Å². The number of aromatic amines is 1. The SMILES string of the molecule is COc1ccc(CCNC(=O)CC(c2ccccc2Cl)c2c[nH]c3ccccc23)cc1OC. The maximum absolute atomic E-state index is 13.0. The van der Waals surface area contributed by atoms with Crippen LogP contribution in [0.2, 0.25) is 5.02 Å². The molecule has 0 saturated carbocycles. The zero-order chi connectivity index (χ0) is 23.2. The van der Waals surface area contributed by atoms with Gasteiger partial charge in [0, 0.05) is 41.0 Å². The minimum atomic E-state index is -0.157. The van der Waals surface area contributed by atoms with Crippen LogP contribution in [0.15, 0.2) is 72.9 Å². The molecule has 33 heavy (non-hydrogen) atoms. The third kappa shape index (κ3) is 5.15. The van der Waals surface area contributed by atoms with Crippen LogP contribution in [0.3, 0.4) is 0 Å². The molecule has 6 heteroatoms. The summed E-state index contributed by atoms with van der Waals surface area (Å²) < 4.78 is 10.7. The molecule has 1 amide bonds. The van der Waals surface area contributed by atoms with Gasteiger partial charge in [-0.25, -0.2) is 0 Å². The van der Waals surface area contributed by atoms with E-state index in [0.29, 0.717) is 35.9 Å². The fourth-order valence-electron chi connectivity index (χ4n) is 4.17. The number of hydrogen-bond donors (Lipinski definition) is 2. The Bertz CT molecular complexity index is 1250. The lowest BCUT2D eigenvalue weighted by atomic mass is 9.88. The van der Waals surface area contributed by atoms with Crippen LogP contribution in [0, 0.1) is 0 Å². The fraction of sp³-hybridized carbons (Fsp3) is 0.222. The maximum atomic E-state index is 13.0. The van der Waals surface area contributed by atoms with Crippen molar-refractivity contribution in [2.45, 2.75) is 18.8 Å². The molecule has 0 fully saturated rings. The number of rotatable bonds is 9. The van der Waals surface area contributed by atoms with Gasteiger partial charge in [-0.2, -0.15) is 0 Å². The Balaban J connectivity index is 1.49. The van der Waals surface area contributed by atoms with Gasteiger partial charge in [0.2, 0.25) is 5.91 Å². The lowest BCUT2D eigenvalue weighted by Gasteiger charge is -2.18. The summed E-state index contributed by atoms with van der Waals surface area (Å²) in [7, 11) is 3.23. The van der Waals surface area contributed by atoms with Crippen LogP contribution in [0.4, 0.5) is 0 Å². The molecule has 1 unspecified atom stereocenters. The second-order valence-electron chi connectivity index (χ2n) is 7.86. The van der Waals surface area contributed by atoms with Gasteiger partial charge in [-0.15, -0.1) is 0 Å². The molecule has 0 saturated heterocycles. The fourth-order valence-corrected chi connectivity index (χ4v) is 4.43. The molecule has 170 valence electrons. The normalized spacial score (nSPS) is 11.8. The Morgan fingerprint density at radius 2 is 1.73 bits per heavy atom. The smallest absolute Gasteiger partial charge is 0.220 e. The highest BCUT2D eigenvalue weighted by Crippen LogP contribution is 2.36. The van der Waals surface area contributed by atoms with E-state index in [1.54, 1.807) is 14.2 Å².